The van der Waals surface area contributed by atoms with Crippen molar-refractivity contribution in [3.8, 4) is 0 Å². The van der Waals surface area contributed by atoms with Crippen molar-refractivity contribution in [1.82, 2.24) is 4.90 Å². The highest BCUT2D eigenvalue weighted by Crippen LogP contribution is 2.20. The molecule has 0 unspecified atom stereocenters. The van der Waals surface area contributed by atoms with Crippen LogP contribution < -0.4 is 0 Å². The summed E-state index contributed by atoms with van der Waals surface area (Å²) in [5, 5.41) is 9.05. The van der Waals surface area contributed by atoms with E-state index in [9.17, 15) is 4.79 Å². The Labute approximate surface area is 162 Å². The summed E-state index contributed by atoms with van der Waals surface area (Å²) in [5.41, 5.74) is 2.80. The topological polar surface area (TPSA) is 49.8 Å². The van der Waals surface area contributed by atoms with Gasteiger partial charge in [0.25, 0.3) is 0 Å². The van der Waals surface area contributed by atoms with Crippen molar-refractivity contribution in [2.24, 2.45) is 0 Å². The van der Waals surface area contributed by atoms with Crippen LogP contribution in [0.15, 0.2) is 54.6 Å². The minimum absolute atomic E-state index is 0.137. The molecule has 2 rings (SSSR count). The predicted octanol–water partition coefficient (Wildman–Crippen LogP) is 4.76. The van der Waals surface area contributed by atoms with Gasteiger partial charge in [-0.1, -0.05) is 61.5 Å². The summed E-state index contributed by atoms with van der Waals surface area (Å²) in [6, 6.07) is 18.2. The molecule has 0 spiro atoms. The lowest BCUT2D eigenvalue weighted by atomic mass is 10.0. The van der Waals surface area contributed by atoms with E-state index in [2.05, 4.69) is 19.1 Å². The minimum atomic E-state index is -0.531. The van der Waals surface area contributed by atoms with Gasteiger partial charge in [-0.15, -0.1) is 0 Å². The molecule has 1 N–H and O–H groups in total. The summed E-state index contributed by atoms with van der Waals surface area (Å²) in [5.74, 6) is 0.201. The highest BCUT2D eigenvalue weighted by molar-refractivity contribution is 5.68. The molecule has 0 bridgehead atoms. The van der Waals surface area contributed by atoms with E-state index in [1.54, 1.807) is 4.90 Å². The second kappa shape index (κ2) is 9.56. The molecule has 4 heteroatoms. The van der Waals surface area contributed by atoms with E-state index in [4.69, 9.17) is 9.84 Å². The molecule has 4 nitrogen and oxygen atoms in total. The van der Waals surface area contributed by atoms with Crippen LogP contribution in [0.2, 0.25) is 0 Å². The van der Waals surface area contributed by atoms with Gasteiger partial charge in [-0.25, -0.2) is 4.79 Å². The molecule has 27 heavy (non-hydrogen) atoms. The number of hydrogen-bond donors (Lipinski definition) is 1. The number of ether oxygens (including phenoxy) is 1. The van der Waals surface area contributed by atoms with Gasteiger partial charge >= 0.3 is 6.09 Å². The second-order valence-corrected chi connectivity index (χ2v) is 7.96. The molecular weight excluding hydrogens is 338 g/mol. The molecule has 0 saturated heterocycles. The van der Waals surface area contributed by atoms with Crippen molar-refractivity contribution >= 4 is 6.09 Å². The molecule has 0 heterocycles. The number of rotatable bonds is 7. The van der Waals surface area contributed by atoms with Crippen molar-refractivity contribution in [2.45, 2.75) is 52.2 Å². The maximum absolute atomic E-state index is 12.8. The van der Waals surface area contributed by atoms with Crippen LogP contribution in [0, 0.1) is 0 Å². The van der Waals surface area contributed by atoms with Gasteiger partial charge in [0.2, 0.25) is 0 Å². The molecule has 0 saturated carbocycles. The lowest BCUT2D eigenvalue weighted by molar-refractivity contribution is 0.0224. The molecule has 1 amide bonds. The quantitative estimate of drug-likeness (QED) is 0.765. The number of carbonyl (C=O) groups is 1. The summed E-state index contributed by atoms with van der Waals surface area (Å²) >= 11 is 0. The van der Waals surface area contributed by atoms with Gasteiger partial charge in [0, 0.05) is 19.7 Å². The first-order valence-electron chi connectivity index (χ1n) is 9.50. The third-order valence-electron chi connectivity index (χ3n) is 4.31. The van der Waals surface area contributed by atoms with Crippen molar-refractivity contribution in [1.29, 1.82) is 0 Å². The zero-order valence-electron chi connectivity index (χ0n) is 16.8. The largest absolute Gasteiger partial charge is 0.444 e. The number of amides is 1. The summed E-state index contributed by atoms with van der Waals surface area (Å²) in [4.78, 5) is 14.5. The lowest BCUT2D eigenvalue weighted by Gasteiger charge is -2.29. The van der Waals surface area contributed by atoms with E-state index >= 15 is 0 Å². The molecule has 0 aliphatic rings. The van der Waals surface area contributed by atoms with Crippen molar-refractivity contribution in [2.75, 3.05) is 13.2 Å². The van der Waals surface area contributed by atoms with E-state index in [1.165, 1.54) is 5.56 Å². The Hall–Kier alpha value is -2.33. The fourth-order valence-electron chi connectivity index (χ4n) is 2.91. The molecule has 0 aromatic heterocycles. The van der Waals surface area contributed by atoms with Crippen LogP contribution in [0.4, 0.5) is 4.79 Å². The van der Waals surface area contributed by atoms with Crippen LogP contribution in [0.1, 0.15) is 50.3 Å². The van der Waals surface area contributed by atoms with E-state index in [0.717, 1.165) is 11.1 Å². The minimum Gasteiger partial charge on any atom is -0.444 e. The number of aliphatic hydroxyl groups is 1. The average molecular weight is 370 g/mol. The number of carbonyl (C=O) groups excluding carboxylic acids is 1. The third-order valence-corrected chi connectivity index (χ3v) is 4.31. The van der Waals surface area contributed by atoms with Crippen LogP contribution in [0.25, 0.3) is 0 Å². The molecular formula is C23H31NO3. The standard InChI is InChI=1S/C23H31NO3/c1-18(21-8-6-5-7-9-21)16-24(22(26)27-23(2,3)4)17-20-12-10-19(11-13-20)14-15-25/h5-13,18,25H,14-17H2,1-4H3/t18-/m1/s1. The Morgan fingerprint density at radius 1 is 1.04 bits per heavy atom. The number of aliphatic hydroxyl groups excluding tert-OH is 1. The molecule has 0 radical (unpaired) electrons. The average Bonchev–Trinajstić information content (AvgIpc) is 2.62. The summed E-state index contributed by atoms with van der Waals surface area (Å²) < 4.78 is 5.63. The van der Waals surface area contributed by atoms with Crippen LogP contribution in [0.3, 0.4) is 0 Å². The zero-order chi connectivity index (χ0) is 19.9. The first-order chi connectivity index (χ1) is 12.8. The Morgan fingerprint density at radius 2 is 1.63 bits per heavy atom. The normalized spacial score (nSPS) is 12.5. The fraction of sp³-hybridized carbons (Fsp3) is 0.435. The van der Waals surface area contributed by atoms with Crippen LogP contribution in [-0.2, 0) is 17.7 Å². The second-order valence-electron chi connectivity index (χ2n) is 7.96. The summed E-state index contributed by atoms with van der Waals surface area (Å²) in [7, 11) is 0. The van der Waals surface area contributed by atoms with Crippen molar-refractivity contribution in [3.63, 3.8) is 0 Å². The maximum atomic E-state index is 12.8. The van der Waals surface area contributed by atoms with Crippen LogP contribution in [0.5, 0.6) is 0 Å². The van der Waals surface area contributed by atoms with Gasteiger partial charge in [0.1, 0.15) is 5.60 Å². The highest BCUT2D eigenvalue weighted by atomic mass is 16.6. The van der Waals surface area contributed by atoms with E-state index in [-0.39, 0.29) is 18.6 Å². The molecule has 2 aromatic rings. The van der Waals surface area contributed by atoms with Gasteiger partial charge in [-0.2, -0.15) is 0 Å². The van der Waals surface area contributed by atoms with Gasteiger partial charge < -0.3 is 14.7 Å². The molecule has 0 aliphatic heterocycles. The molecule has 0 fully saturated rings. The third kappa shape index (κ3) is 7.06. The Kier molecular flexibility index (Phi) is 7.43. The van der Waals surface area contributed by atoms with Gasteiger partial charge in [0.05, 0.1) is 0 Å². The SMILES string of the molecule is C[C@H](CN(Cc1ccc(CCO)cc1)C(=O)OC(C)(C)C)c1ccccc1. The first kappa shape index (κ1) is 21.0. The lowest BCUT2D eigenvalue weighted by Crippen LogP contribution is -2.38. The van der Waals surface area contributed by atoms with E-state index < -0.39 is 5.60 Å². The van der Waals surface area contributed by atoms with Crippen LogP contribution in [-0.4, -0.2) is 34.9 Å². The van der Waals surface area contributed by atoms with Crippen molar-refractivity contribution < 1.29 is 14.6 Å². The van der Waals surface area contributed by atoms with Gasteiger partial charge in [-0.3, -0.25) is 0 Å². The predicted molar refractivity (Wildman–Crippen MR) is 109 cm³/mol. The first-order valence-corrected chi connectivity index (χ1v) is 9.50. The Bertz CT molecular complexity index is 705. The zero-order valence-corrected chi connectivity index (χ0v) is 16.8. The highest BCUT2D eigenvalue weighted by Gasteiger charge is 2.24. The van der Waals surface area contributed by atoms with Gasteiger partial charge in [0.15, 0.2) is 0 Å². The molecule has 1 atom stereocenters. The summed E-state index contributed by atoms with van der Waals surface area (Å²) in [6.07, 6.45) is 0.339. The number of benzene rings is 2. The Balaban J connectivity index is 2.14. The fourth-order valence-corrected chi connectivity index (χ4v) is 2.91. The van der Waals surface area contributed by atoms with E-state index in [1.807, 2.05) is 63.2 Å². The number of hydrogen-bond acceptors (Lipinski definition) is 3. The smallest absolute Gasteiger partial charge is 0.410 e. The molecule has 146 valence electrons. The maximum Gasteiger partial charge on any atom is 0.410 e. The van der Waals surface area contributed by atoms with Crippen molar-refractivity contribution in [3.05, 3.63) is 71.3 Å². The van der Waals surface area contributed by atoms with Crippen LogP contribution >= 0.6 is 0 Å². The molecule has 2 aromatic carbocycles. The Morgan fingerprint density at radius 3 is 2.19 bits per heavy atom. The summed E-state index contributed by atoms with van der Waals surface area (Å²) in [6.45, 7) is 8.98. The monoisotopic (exact) mass is 369 g/mol. The van der Waals surface area contributed by atoms with Gasteiger partial charge in [-0.05, 0) is 49.8 Å². The number of nitrogens with zero attached hydrogens (tertiary/aromatic N) is 1. The molecule has 0 aliphatic carbocycles. The van der Waals surface area contributed by atoms with E-state index in [0.29, 0.717) is 19.5 Å².